The van der Waals surface area contributed by atoms with Crippen LogP contribution in [0.5, 0.6) is 0 Å². The largest absolute Gasteiger partial charge is 0.465 e. The van der Waals surface area contributed by atoms with Crippen LogP contribution in [0.2, 0.25) is 0 Å². The summed E-state index contributed by atoms with van der Waals surface area (Å²) in [6, 6.07) is 14.2. The van der Waals surface area contributed by atoms with Crippen molar-refractivity contribution in [2.45, 2.75) is 6.42 Å². The maximum atomic E-state index is 12.9. The van der Waals surface area contributed by atoms with E-state index >= 15 is 0 Å². The molecule has 0 aliphatic heterocycles. The molecule has 7 nitrogen and oxygen atoms in total. The van der Waals surface area contributed by atoms with Gasteiger partial charge >= 0.3 is 5.97 Å². The van der Waals surface area contributed by atoms with Crippen molar-refractivity contribution in [1.29, 1.82) is 0 Å². The van der Waals surface area contributed by atoms with Crippen molar-refractivity contribution in [1.82, 2.24) is 9.97 Å². The molecule has 1 heterocycles. The Hall–Kier alpha value is -3.81. The van der Waals surface area contributed by atoms with E-state index in [1.54, 1.807) is 30.3 Å². The monoisotopic (exact) mass is 394 g/mol. The number of nitrogens with one attached hydrogen (secondary N) is 2. The third kappa shape index (κ3) is 5.58. The highest BCUT2D eigenvalue weighted by molar-refractivity contribution is 6.03. The number of carbonyl (C=O) groups excluding carboxylic acids is 2. The average Bonchev–Trinajstić information content (AvgIpc) is 2.75. The lowest BCUT2D eigenvalue weighted by molar-refractivity contribution is 0.0600. The fraction of sp³-hybridized carbons (Fsp3) is 0.143. The van der Waals surface area contributed by atoms with Crippen molar-refractivity contribution in [3.05, 3.63) is 83.6 Å². The van der Waals surface area contributed by atoms with Gasteiger partial charge in [-0.15, -0.1) is 0 Å². The lowest BCUT2D eigenvalue weighted by atomic mass is 10.1. The summed E-state index contributed by atoms with van der Waals surface area (Å²) < 4.78 is 17.6. The molecule has 0 radical (unpaired) electrons. The third-order valence-electron chi connectivity index (χ3n) is 4.07. The molecule has 0 unspecified atom stereocenters. The zero-order chi connectivity index (χ0) is 20.6. The summed E-state index contributed by atoms with van der Waals surface area (Å²) in [6.45, 7) is 0.560. The van der Waals surface area contributed by atoms with Crippen molar-refractivity contribution < 1.29 is 18.7 Å². The number of rotatable bonds is 7. The second-order valence-corrected chi connectivity index (χ2v) is 6.12. The number of hydrogen-bond donors (Lipinski definition) is 2. The Kier molecular flexibility index (Phi) is 6.47. The average molecular weight is 394 g/mol. The van der Waals surface area contributed by atoms with E-state index in [-0.39, 0.29) is 11.5 Å². The number of aromatic nitrogens is 2. The number of anilines is 2. The molecule has 0 aliphatic rings. The van der Waals surface area contributed by atoms with Gasteiger partial charge in [-0.25, -0.2) is 19.2 Å². The quantitative estimate of drug-likeness (QED) is 0.597. The number of ether oxygens (including phenoxy) is 1. The summed E-state index contributed by atoms with van der Waals surface area (Å²) in [6.07, 6.45) is 1.96. The fourth-order valence-electron chi connectivity index (χ4n) is 2.60. The van der Waals surface area contributed by atoms with Gasteiger partial charge in [-0.2, -0.15) is 0 Å². The lowest BCUT2D eigenvalue weighted by Gasteiger charge is -2.08. The summed E-state index contributed by atoms with van der Waals surface area (Å²) in [5.74, 6) is -0.701. The Morgan fingerprint density at radius 2 is 1.86 bits per heavy atom. The molecule has 8 heteroatoms. The fourth-order valence-corrected chi connectivity index (χ4v) is 2.60. The molecule has 3 aromatic rings. The van der Waals surface area contributed by atoms with Crippen LogP contribution in [0, 0.1) is 5.82 Å². The van der Waals surface area contributed by atoms with E-state index < -0.39 is 11.9 Å². The van der Waals surface area contributed by atoms with Crippen molar-refractivity contribution in [2.24, 2.45) is 0 Å². The summed E-state index contributed by atoms with van der Waals surface area (Å²) in [5, 5.41) is 5.80. The van der Waals surface area contributed by atoms with Crippen LogP contribution in [0.3, 0.4) is 0 Å². The number of esters is 1. The molecule has 1 amide bonds. The molecule has 0 atom stereocenters. The van der Waals surface area contributed by atoms with Gasteiger partial charge in [0.2, 0.25) is 0 Å². The molecule has 3 rings (SSSR count). The van der Waals surface area contributed by atoms with Crippen LogP contribution in [0.25, 0.3) is 0 Å². The van der Waals surface area contributed by atoms with Crippen LogP contribution in [0.1, 0.15) is 26.4 Å². The smallest absolute Gasteiger partial charge is 0.337 e. The van der Waals surface area contributed by atoms with Crippen LogP contribution in [0.4, 0.5) is 15.9 Å². The van der Waals surface area contributed by atoms with Crippen molar-refractivity contribution in [3.8, 4) is 0 Å². The maximum absolute atomic E-state index is 12.9. The van der Waals surface area contributed by atoms with Gasteiger partial charge in [0.1, 0.15) is 23.7 Å². The predicted molar refractivity (Wildman–Crippen MR) is 106 cm³/mol. The highest BCUT2D eigenvalue weighted by Crippen LogP contribution is 2.13. The normalized spacial score (nSPS) is 10.3. The Balaban J connectivity index is 1.60. The first-order valence-electron chi connectivity index (χ1n) is 8.85. The third-order valence-corrected chi connectivity index (χ3v) is 4.07. The van der Waals surface area contributed by atoms with E-state index in [0.717, 1.165) is 5.56 Å². The Labute approximate surface area is 167 Å². The summed E-state index contributed by atoms with van der Waals surface area (Å²) in [4.78, 5) is 32.2. The first-order chi connectivity index (χ1) is 14.0. The number of halogens is 1. The lowest BCUT2D eigenvalue weighted by Crippen LogP contribution is -2.15. The van der Waals surface area contributed by atoms with E-state index in [4.69, 9.17) is 0 Å². The van der Waals surface area contributed by atoms with Crippen LogP contribution in [0.15, 0.2) is 60.9 Å². The van der Waals surface area contributed by atoms with Crippen LogP contribution in [-0.4, -0.2) is 35.5 Å². The van der Waals surface area contributed by atoms with Gasteiger partial charge in [0.05, 0.1) is 12.7 Å². The standard InChI is InChI=1S/C21H19FN4O3/c1-29-21(28)15-3-2-4-17(11-15)26-20(27)18-12-19(25-13-24-18)23-10-9-14-5-7-16(22)8-6-14/h2-8,11-13H,9-10H2,1H3,(H,26,27)(H,23,24,25). The van der Waals surface area contributed by atoms with Crippen LogP contribution >= 0.6 is 0 Å². The second kappa shape index (κ2) is 9.41. The topological polar surface area (TPSA) is 93.2 Å². The van der Waals surface area contributed by atoms with Gasteiger partial charge in [-0.05, 0) is 42.3 Å². The molecule has 2 N–H and O–H groups in total. The first-order valence-corrected chi connectivity index (χ1v) is 8.85. The highest BCUT2D eigenvalue weighted by Gasteiger charge is 2.11. The number of amides is 1. The van der Waals surface area contributed by atoms with E-state index in [0.29, 0.717) is 30.0 Å². The number of methoxy groups -OCH3 is 1. The Bertz CT molecular complexity index is 1010. The summed E-state index contributed by atoms with van der Waals surface area (Å²) >= 11 is 0. The molecule has 29 heavy (non-hydrogen) atoms. The first kappa shape index (κ1) is 19.9. The summed E-state index contributed by atoms with van der Waals surface area (Å²) in [5.41, 5.74) is 1.93. The van der Waals surface area contributed by atoms with Crippen molar-refractivity contribution in [3.63, 3.8) is 0 Å². The summed E-state index contributed by atoms with van der Waals surface area (Å²) in [7, 11) is 1.29. The van der Waals surface area contributed by atoms with E-state index in [2.05, 4.69) is 25.3 Å². The van der Waals surface area contributed by atoms with Gasteiger partial charge in [-0.1, -0.05) is 18.2 Å². The minimum atomic E-state index is -0.490. The van der Waals surface area contributed by atoms with E-state index in [9.17, 15) is 14.0 Å². The molecular formula is C21H19FN4O3. The highest BCUT2D eigenvalue weighted by atomic mass is 19.1. The van der Waals surface area contributed by atoms with E-state index in [1.807, 2.05) is 0 Å². The predicted octanol–water partition coefficient (Wildman–Crippen LogP) is 3.31. The molecule has 0 bridgehead atoms. The number of benzene rings is 2. The number of carbonyl (C=O) groups is 2. The van der Waals surface area contributed by atoms with Crippen LogP contribution in [-0.2, 0) is 11.2 Å². The molecule has 1 aromatic heterocycles. The Morgan fingerprint density at radius 3 is 2.62 bits per heavy atom. The number of hydrogen-bond acceptors (Lipinski definition) is 6. The second-order valence-electron chi connectivity index (χ2n) is 6.12. The van der Waals surface area contributed by atoms with Crippen molar-refractivity contribution >= 4 is 23.4 Å². The molecular weight excluding hydrogens is 375 g/mol. The van der Waals surface area contributed by atoms with Crippen molar-refractivity contribution in [2.75, 3.05) is 24.3 Å². The van der Waals surface area contributed by atoms with Crippen LogP contribution < -0.4 is 10.6 Å². The number of nitrogens with zero attached hydrogens (tertiary/aromatic N) is 2. The van der Waals surface area contributed by atoms with E-state index in [1.165, 1.54) is 37.7 Å². The van der Waals surface area contributed by atoms with Gasteiger partial charge in [0, 0.05) is 18.3 Å². The maximum Gasteiger partial charge on any atom is 0.337 e. The molecule has 0 fully saturated rings. The Morgan fingerprint density at radius 1 is 1.07 bits per heavy atom. The van der Waals surface area contributed by atoms with Gasteiger partial charge in [0.25, 0.3) is 5.91 Å². The minimum absolute atomic E-state index is 0.174. The molecule has 148 valence electrons. The van der Waals surface area contributed by atoms with Gasteiger partial charge in [-0.3, -0.25) is 4.79 Å². The molecule has 0 saturated heterocycles. The van der Waals surface area contributed by atoms with Gasteiger partial charge < -0.3 is 15.4 Å². The van der Waals surface area contributed by atoms with Gasteiger partial charge in [0.15, 0.2) is 0 Å². The minimum Gasteiger partial charge on any atom is -0.465 e. The zero-order valence-corrected chi connectivity index (χ0v) is 15.7. The molecule has 0 saturated carbocycles. The molecule has 0 aliphatic carbocycles. The molecule has 0 spiro atoms. The molecule has 2 aromatic carbocycles. The zero-order valence-electron chi connectivity index (χ0n) is 15.7. The SMILES string of the molecule is COC(=O)c1cccc(NC(=O)c2cc(NCCc3ccc(F)cc3)ncn2)c1.